The summed E-state index contributed by atoms with van der Waals surface area (Å²) in [6.45, 7) is 2.09. The van der Waals surface area contributed by atoms with E-state index in [-0.39, 0.29) is 0 Å². The summed E-state index contributed by atoms with van der Waals surface area (Å²) < 4.78 is 7.43. The van der Waals surface area contributed by atoms with Crippen LogP contribution in [0, 0.1) is 6.92 Å². The van der Waals surface area contributed by atoms with Crippen LogP contribution in [0.1, 0.15) is 11.4 Å². The minimum Gasteiger partial charge on any atom is -0.497 e. The van der Waals surface area contributed by atoms with Gasteiger partial charge in [-0.15, -0.1) is 0 Å². The smallest absolute Gasteiger partial charge is 0.119 e. The minimum atomic E-state index is 0.845. The maximum absolute atomic E-state index is 5.26. The summed E-state index contributed by atoms with van der Waals surface area (Å²) in [5.74, 6) is 0.845. The molecule has 4 rings (SSSR count). The van der Waals surface area contributed by atoms with E-state index in [4.69, 9.17) is 4.74 Å². The van der Waals surface area contributed by atoms with Gasteiger partial charge < -0.3 is 14.6 Å². The summed E-state index contributed by atoms with van der Waals surface area (Å²) in [4.78, 5) is 4.66. The molecule has 0 fully saturated rings. The van der Waals surface area contributed by atoms with Crippen LogP contribution >= 0.6 is 0 Å². The summed E-state index contributed by atoms with van der Waals surface area (Å²) in [6.07, 6.45) is 1.90. The number of aryl methyl sites for hydroxylation is 1. The largest absolute Gasteiger partial charge is 0.497 e. The maximum atomic E-state index is 5.26. The number of nitrogens with one attached hydrogen (secondary N) is 1. The molecule has 1 N–H and O–H groups in total. The van der Waals surface area contributed by atoms with Crippen LogP contribution in [-0.2, 0) is 0 Å². The molecule has 0 amide bonds. The lowest BCUT2D eigenvalue weighted by Crippen LogP contribution is -2.01. The molecule has 4 aromatic rings. The van der Waals surface area contributed by atoms with Crippen LogP contribution < -0.4 is 10.1 Å². The van der Waals surface area contributed by atoms with E-state index in [1.165, 1.54) is 0 Å². The highest BCUT2D eigenvalue weighted by Gasteiger charge is 2.06. The van der Waals surface area contributed by atoms with Gasteiger partial charge in [-0.25, -0.2) is 0 Å². The van der Waals surface area contributed by atoms with Gasteiger partial charge in [-0.05, 0) is 79.7 Å². The summed E-state index contributed by atoms with van der Waals surface area (Å²) in [5.41, 5.74) is 6.27. The fourth-order valence-electron chi connectivity index (χ4n) is 3.20. The molecule has 0 aliphatic carbocycles. The third kappa shape index (κ3) is 4.38. The van der Waals surface area contributed by atoms with Gasteiger partial charge in [-0.1, -0.05) is 18.2 Å². The van der Waals surface area contributed by atoms with Crippen LogP contribution in [0.4, 0.5) is 17.1 Å². The molecule has 4 nitrogen and oxygen atoms in total. The van der Waals surface area contributed by atoms with Gasteiger partial charge >= 0.3 is 0 Å². The zero-order valence-electron chi connectivity index (χ0n) is 16.5. The third-order valence-corrected chi connectivity index (χ3v) is 4.71. The second-order valence-electron chi connectivity index (χ2n) is 6.73. The number of aliphatic imine (C=N–C) groups is 1. The van der Waals surface area contributed by atoms with Crippen molar-refractivity contribution in [2.45, 2.75) is 6.92 Å². The third-order valence-electron chi connectivity index (χ3n) is 4.71. The number of benzene rings is 3. The number of para-hydroxylation sites is 1. The first-order valence-electron chi connectivity index (χ1n) is 9.52. The van der Waals surface area contributed by atoms with E-state index in [0.29, 0.717) is 0 Å². The Morgan fingerprint density at radius 3 is 2.17 bits per heavy atom. The Hall–Kier alpha value is -3.79. The monoisotopic (exact) mass is 381 g/mol. The van der Waals surface area contributed by atoms with Gasteiger partial charge in [-0.2, -0.15) is 0 Å². The van der Waals surface area contributed by atoms with Crippen molar-refractivity contribution in [2.75, 3.05) is 12.4 Å². The van der Waals surface area contributed by atoms with E-state index < -0.39 is 0 Å². The number of hydrogen-bond acceptors (Lipinski definition) is 3. The van der Waals surface area contributed by atoms with Crippen molar-refractivity contribution in [2.24, 2.45) is 4.99 Å². The van der Waals surface area contributed by atoms with Crippen molar-refractivity contribution >= 4 is 23.3 Å². The van der Waals surface area contributed by atoms with E-state index in [1.807, 2.05) is 85.1 Å². The van der Waals surface area contributed by atoms with Crippen molar-refractivity contribution in [1.29, 1.82) is 0 Å². The van der Waals surface area contributed by atoms with Gasteiger partial charge in [0.2, 0.25) is 0 Å². The zero-order chi connectivity index (χ0) is 20.1. The van der Waals surface area contributed by atoms with Crippen molar-refractivity contribution in [3.8, 4) is 11.4 Å². The van der Waals surface area contributed by atoms with Crippen LogP contribution in [0.5, 0.6) is 5.75 Å². The Bertz CT molecular complexity index is 1100. The molecule has 0 saturated heterocycles. The number of ether oxygens (including phenoxy) is 1. The van der Waals surface area contributed by atoms with Crippen LogP contribution in [0.25, 0.3) is 5.69 Å². The van der Waals surface area contributed by atoms with Gasteiger partial charge in [0.15, 0.2) is 0 Å². The first kappa shape index (κ1) is 18.6. The SMILES string of the molecule is COc1ccc(-n2c(C)ccc2C=Nc2ccc(Nc3ccccc3)cc2)cc1. The van der Waals surface area contributed by atoms with Gasteiger partial charge in [0.1, 0.15) is 5.75 Å². The number of aromatic nitrogens is 1. The summed E-state index contributed by atoms with van der Waals surface area (Å²) in [5, 5.41) is 3.38. The number of nitrogens with zero attached hydrogens (tertiary/aromatic N) is 2. The lowest BCUT2D eigenvalue weighted by atomic mass is 10.2. The molecule has 3 aromatic carbocycles. The Balaban J connectivity index is 1.52. The summed E-state index contributed by atoms with van der Waals surface area (Å²) in [6, 6.07) is 30.4. The van der Waals surface area contributed by atoms with Crippen molar-refractivity contribution in [3.63, 3.8) is 0 Å². The second-order valence-corrected chi connectivity index (χ2v) is 6.73. The van der Waals surface area contributed by atoms with E-state index in [0.717, 1.165) is 39.9 Å². The first-order valence-corrected chi connectivity index (χ1v) is 9.52. The number of anilines is 2. The molecule has 0 unspecified atom stereocenters. The fourth-order valence-corrected chi connectivity index (χ4v) is 3.20. The molecule has 4 heteroatoms. The lowest BCUT2D eigenvalue weighted by molar-refractivity contribution is 0.414. The molecular formula is C25H23N3O. The van der Waals surface area contributed by atoms with E-state index in [2.05, 4.69) is 33.9 Å². The zero-order valence-corrected chi connectivity index (χ0v) is 16.5. The molecule has 0 radical (unpaired) electrons. The number of hydrogen-bond donors (Lipinski definition) is 1. The molecule has 0 atom stereocenters. The Morgan fingerprint density at radius 1 is 0.793 bits per heavy atom. The molecular weight excluding hydrogens is 358 g/mol. The molecule has 0 bridgehead atoms. The summed E-state index contributed by atoms with van der Waals surface area (Å²) in [7, 11) is 1.68. The lowest BCUT2D eigenvalue weighted by Gasteiger charge is -2.10. The van der Waals surface area contributed by atoms with Crippen LogP contribution in [0.3, 0.4) is 0 Å². The standard InChI is InChI=1S/C25H23N3O/c1-19-8-13-24(28(19)23-14-16-25(29-2)17-15-23)18-26-20-9-11-22(12-10-20)27-21-6-4-3-5-7-21/h3-18,27H,1-2H3. The van der Waals surface area contributed by atoms with E-state index in [1.54, 1.807) is 7.11 Å². The molecule has 0 spiro atoms. The molecule has 0 saturated carbocycles. The van der Waals surface area contributed by atoms with Gasteiger partial charge in [-0.3, -0.25) is 4.99 Å². The van der Waals surface area contributed by atoms with E-state index >= 15 is 0 Å². The molecule has 1 heterocycles. The number of rotatable bonds is 6. The Kier molecular flexibility index (Phi) is 5.43. The average molecular weight is 381 g/mol. The number of methoxy groups -OCH3 is 1. The van der Waals surface area contributed by atoms with Gasteiger partial charge in [0.05, 0.1) is 24.7 Å². The molecule has 0 aliphatic heterocycles. The molecule has 0 aliphatic rings. The minimum absolute atomic E-state index is 0.845. The van der Waals surface area contributed by atoms with Crippen molar-refractivity contribution in [1.82, 2.24) is 4.57 Å². The maximum Gasteiger partial charge on any atom is 0.119 e. The molecule has 29 heavy (non-hydrogen) atoms. The predicted octanol–water partition coefficient (Wildman–Crippen LogP) is 6.29. The predicted molar refractivity (Wildman–Crippen MR) is 120 cm³/mol. The second kappa shape index (κ2) is 8.48. The first-order chi connectivity index (χ1) is 14.2. The highest BCUT2D eigenvalue weighted by molar-refractivity contribution is 5.81. The molecule has 144 valence electrons. The van der Waals surface area contributed by atoms with Crippen LogP contribution in [-0.4, -0.2) is 17.9 Å². The van der Waals surface area contributed by atoms with Crippen molar-refractivity contribution in [3.05, 3.63) is 102 Å². The van der Waals surface area contributed by atoms with Crippen LogP contribution in [0.15, 0.2) is 96.0 Å². The van der Waals surface area contributed by atoms with Crippen molar-refractivity contribution < 1.29 is 4.74 Å². The fraction of sp³-hybridized carbons (Fsp3) is 0.0800. The normalized spacial score (nSPS) is 11.0. The van der Waals surface area contributed by atoms with Gasteiger partial charge in [0, 0.05) is 22.8 Å². The van der Waals surface area contributed by atoms with Gasteiger partial charge in [0.25, 0.3) is 0 Å². The van der Waals surface area contributed by atoms with Crippen LogP contribution in [0.2, 0.25) is 0 Å². The quantitative estimate of drug-likeness (QED) is 0.399. The Labute approximate surface area is 171 Å². The molecule has 1 aromatic heterocycles. The highest BCUT2D eigenvalue weighted by atomic mass is 16.5. The van der Waals surface area contributed by atoms with E-state index in [9.17, 15) is 0 Å². The average Bonchev–Trinajstić information content (AvgIpc) is 3.14. The summed E-state index contributed by atoms with van der Waals surface area (Å²) >= 11 is 0. The Morgan fingerprint density at radius 2 is 1.48 bits per heavy atom. The topological polar surface area (TPSA) is 38.5 Å². The highest BCUT2D eigenvalue weighted by Crippen LogP contribution is 2.22.